The van der Waals surface area contributed by atoms with E-state index in [-0.39, 0.29) is 18.8 Å². The molecule has 0 aromatic heterocycles. The monoisotopic (exact) mass is 319 g/mol. The van der Waals surface area contributed by atoms with E-state index < -0.39 is 19.8 Å². The molecule has 1 aromatic carbocycles. The van der Waals surface area contributed by atoms with Crippen LogP contribution in [0.4, 0.5) is 0 Å². The van der Waals surface area contributed by atoms with Gasteiger partial charge in [-0.2, -0.15) is 0 Å². The van der Waals surface area contributed by atoms with Crippen molar-refractivity contribution in [2.75, 3.05) is 6.61 Å². The third kappa shape index (κ3) is 6.70. The lowest BCUT2D eigenvalue weighted by molar-refractivity contribution is -0.138. The van der Waals surface area contributed by atoms with Gasteiger partial charge in [0.15, 0.2) is 0 Å². The highest BCUT2D eigenvalue weighted by Crippen LogP contribution is 2.35. The number of phosphoric ester groups is 1. The molecule has 21 heavy (non-hydrogen) atoms. The molecule has 6 N–H and O–H groups in total. The number of aromatic hydroxyl groups is 1. The fourth-order valence-corrected chi connectivity index (χ4v) is 2.12. The molecular weight excluding hydrogens is 301 g/mol. The van der Waals surface area contributed by atoms with E-state index in [1.807, 2.05) is 0 Å². The number of aryl methyl sites for hydroxylation is 1. The van der Waals surface area contributed by atoms with Crippen molar-refractivity contribution in [2.45, 2.75) is 25.3 Å². The van der Waals surface area contributed by atoms with Gasteiger partial charge in [0, 0.05) is 0 Å². The Morgan fingerprint density at radius 3 is 2.62 bits per heavy atom. The van der Waals surface area contributed by atoms with E-state index in [0.717, 1.165) is 0 Å². The van der Waals surface area contributed by atoms with Gasteiger partial charge in [0.2, 0.25) is 0 Å². The van der Waals surface area contributed by atoms with E-state index in [1.54, 1.807) is 12.1 Å². The highest BCUT2D eigenvalue weighted by atomic mass is 31.2. The average Bonchev–Trinajstić information content (AvgIpc) is 2.36. The SMILES string of the molecule is N[C@@H](Cc1ccc(O)c(CCCOP(=O)(O)O)c1)C(=O)O. The smallest absolute Gasteiger partial charge is 0.469 e. The van der Waals surface area contributed by atoms with Gasteiger partial charge in [-0.1, -0.05) is 12.1 Å². The molecule has 0 unspecified atom stereocenters. The van der Waals surface area contributed by atoms with Crippen molar-refractivity contribution in [3.63, 3.8) is 0 Å². The molecule has 118 valence electrons. The maximum atomic E-state index is 10.7. The number of nitrogens with two attached hydrogens (primary N) is 1. The molecule has 0 bridgehead atoms. The number of phosphoric acid groups is 1. The number of benzene rings is 1. The second kappa shape index (κ2) is 7.53. The molecule has 1 aromatic rings. The van der Waals surface area contributed by atoms with Gasteiger partial charge < -0.3 is 25.7 Å². The fraction of sp³-hybridized carbons (Fsp3) is 0.417. The van der Waals surface area contributed by atoms with Crippen LogP contribution >= 0.6 is 7.82 Å². The summed E-state index contributed by atoms with van der Waals surface area (Å²) in [4.78, 5) is 27.8. The maximum absolute atomic E-state index is 10.7. The van der Waals surface area contributed by atoms with Crippen LogP contribution in [0, 0.1) is 0 Å². The van der Waals surface area contributed by atoms with Crippen LogP contribution in [-0.4, -0.2) is 38.6 Å². The highest BCUT2D eigenvalue weighted by molar-refractivity contribution is 7.46. The molecular formula is C12H18NO7P. The first-order valence-electron chi connectivity index (χ1n) is 6.18. The molecule has 0 aliphatic rings. The molecule has 8 nitrogen and oxygen atoms in total. The van der Waals surface area contributed by atoms with Gasteiger partial charge in [0.05, 0.1) is 6.61 Å². The van der Waals surface area contributed by atoms with Gasteiger partial charge >= 0.3 is 13.8 Å². The van der Waals surface area contributed by atoms with Crippen LogP contribution in [0.2, 0.25) is 0 Å². The van der Waals surface area contributed by atoms with Crippen LogP contribution in [0.1, 0.15) is 17.5 Å². The Bertz CT molecular complexity index is 542. The normalized spacial score (nSPS) is 13.1. The lowest BCUT2D eigenvalue weighted by Gasteiger charge is -2.10. The van der Waals surface area contributed by atoms with Crippen molar-refractivity contribution in [3.8, 4) is 5.75 Å². The van der Waals surface area contributed by atoms with Gasteiger partial charge in [-0.25, -0.2) is 4.57 Å². The lowest BCUT2D eigenvalue weighted by atomic mass is 10.0. The number of phenols is 1. The van der Waals surface area contributed by atoms with Crippen molar-refractivity contribution < 1.29 is 33.9 Å². The quantitative estimate of drug-likeness (QED) is 0.341. The van der Waals surface area contributed by atoms with Crippen LogP contribution in [0.15, 0.2) is 18.2 Å². The number of phenolic OH excluding ortho intramolecular Hbond substituents is 1. The predicted octanol–water partition coefficient (Wildman–Crippen LogP) is 0.388. The Labute approximate surface area is 121 Å². The number of carboxylic acids is 1. The van der Waals surface area contributed by atoms with Gasteiger partial charge in [0.1, 0.15) is 11.8 Å². The summed E-state index contributed by atoms with van der Waals surface area (Å²) in [5.74, 6) is -1.08. The van der Waals surface area contributed by atoms with Crippen molar-refractivity contribution in [3.05, 3.63) is 29.3 Å². The molecule has 0 spiro atoms. The molecule has 0 aliphatic carbocycles. The largest absolute Gasteiger partial charge is 0.508 e. The zero-order valence-electron chi connectivity index (χ0n) is 11.2. The summed E-state index contributed by atoms with van der Waals surface area (Å²) in [6, 6.07) is 3.60. The minimum Gasteiger partial charge on any atom is -0.508 e. The summed E-state index contributed by atoms with van der Waals surface area (Å²) in [6.45, 7) is -0.150. The van der Waals surface area contributed by atoms with Crippen LogP contribution in [0.5, 0.6) is 5.75 Å². The third-order valence-electron chi connectivity index (χ3n) is 2.77. The molecule has 0 amide bonds. The molecule has 0 saturated carbocycles. The molecule has 0 fully saturated rings. The Morgan fingerprint density at radius 1 is 1.38 bits per heavy atom. The standard InChI is InChI=1S/C12H18NO7P/c13-10(12(15)16)7-8-3-4-11(14)9(6-8)2-1-5-20-21(17,18)19/h3-4,6,10,14H,1-2,5,7,13H2,(H,15,16)(H2,17,18,19)/t10-/m0/s1. The summed E-state index contributed by atoms with van der Waals surface area (Å²) >= 11 is 0. The first kappa shape index (κ1) is 17.6. The molecule has 0 aliphatic heterocycles. The van der Waals surface area contributed by atoms with E-state index in [2.05, 4.69) is 4.52 Å². The summed E-state index contributed by atoms with van der Waals surface area (Å²) in [5.41, 5.74) is 6.64. The molecule has 0 saturated heterocycles. The molecule has 1 rings (SSSR count). The van der Waals surface area contributed by atoms with Crippen molar-refractivity contribution in [2.24, 2.45) is 5.73 Å². The number of rotatable bonds is 8. The summed E-state index contributed by atoms with van der Waals surface area (Å²) in [6.07, 6.45) is 0.761. The first-order valence-corrected chi connectivity index (χ1v) is 7.71. The number of aliphatic carboxylic acids is 1. The minimum atomic E-state index is -4.48. The second-order valence-corrected chi connectivity index (χ2v) is 5.78. The van der Waals surface area contributed by atoms with Crippen LogP contribution in [0.25, 0.3) is 0 Å². The van der Waals surface area contributed by atoms with Gasteiger partial charge in [-0.15, -0.1) is 0 Å². The van der Waals surface area contributed by atoms with E-state index >= 15 is 0 Å². The Morgan fingerprint density at radius 2 is 2.05 bits per heavy atom. The molecule has 1 atom stereocenters. The Balaban J connectivity index is 2.61. The zero-order chi connectivity index (χ0) is 16.0. The van der Waals surface area contributed by atoms with Crippen LogP contribution in [0.3, 0.4) is 0 Å². The van der Waals surface area contributed by atoms with Crippen molar-refractivity contribution in [1.82, 2.24) is 0 Å². The minimum absolute atomic E-state index is 0.0267. The number of hydrogen-bond donors (Lipinski definition) is 5. The Hall–Kier alpha value is -1.44. The summed E-state index contributed by atoms with van der Waals surface area (Å²) in [7, 11) is -4.48. The lowest BCUT2D eigenvalue weighted by Crippen LogP contribution is -2.32. The number of carbonyl (C=O) groups is 1. The van der Waals surface area contributed by atoms with Crippen molar-refractivity contribution in [1.29, 1.82) is 0 Å². The summed E-state index contributed by atoms with van der Waals surface area (Å²) in [5, 5.41) is 18.4. The van der Waals surface area contributed by atoms with E-state index in [4.69, 9.17) is 20.6 Å². The van der Waals surface area contributed by atoms with Gasteiger partial charge in [0.25, 0.3) is 0 Å². The summed E-state index contributed by atoms with van der Waals surface area (Å²) < 4.78 is 14.8. The molecule has 0 heterocycles. The third-order valence-corrected chi connectivity index (χ3v) is 3.29. The topological polar surface area (TPSA) is 150 Å². The zero-order valence-corrected chi connectivity index (χ0v) is 12.1. The van der Waals surface area contributed by atoms with Crippen molar-refractivity contribution >= 4 is 13.8 Å². The average molecular weight is 319 g/mol. The van der Waals surface area contributed by atoms with Crippen LogP contribution < -0.4 is 5.73 Å². The second-order valence-electron chi connectivity index (χ2n) is 4.54. The highest BCUT2D eigenvalue weighted by Gasteiger charge is 2.15. The van der Waals surface area contributed by atoms with E-state index in [9.17, 15) is 14.5 Å². The van der Waals surface area contributed by atoms with Crippen LogP contribution in [-0.2, 0) is 26.7 Å². The Kier molecular flexibility index (Phi) is 6.32. The first-order chi connectivity index (χ1) is 9.69. The van der Waals surface area contributed by atoms with Gasteiger partial charge in [-0.3, -0.25) is 9.32 Å². The fourth-order valence-electron chi connectivity index (χ4n) is 1.75. The number of hydrogen-bond acceptors (Lipinski definition) is 5. The maximum Gasteiger partial charge on any atom is 0.469 e. The number of carboxylic acid groups (broad SMARTS) is 1. The predicted molar refractivity (Wildman–Crippen MR) is 73.7 cm³/mol. The van der Waals surface area contributed by atoms with Gasteiger partial charge in [-0.05, 0) is 36.5 Å². The molecule has 0 radical (unpaired) electrons. The molecule has 9 heteroatoms. The van der Waals surface area contributed by atoms with E-state index in [1.165, 1.54) is 6.07 Å². The van der Waals surface area contributed by atoms with E-state index in [0.29, 0.717) is 24.0 Å².